The maximum atomic E-state index is 14.0. The first-order valence-corrected chi connectivity index (χ1v) is 15.3. The Bertz CT molecular complexity index is 1590. The van der Waals surface area contributed by atoms with E-state index in [1.165, 1.54) is 28.0 Å². The number of fused-ring (bicyclic) bond motifs is 1. The molecule has 0 bridgehead atoms. The van der Waals surface area contributed by atoms with Gasteiger partial charge in [0.25, 0.3) is 5.91 Å². The molecule has 1 fully saturated rings. The highest BCUT2D eigenvalue weighted by atomic mass is 32.2. The number of allylic oxidation sites excluding steroid dienone is 1. The van der Waals surface area contributed by atoms with Gasteiger partial charge in [0.1, 0.15) is 17.1 Å². The molecule has 1 N–H and O–H groups in total. The van der Waals surface area contributed by atoms with Gasteiger partial charge in [-0.15, -0.1) is 23.1 Å². The molecule has 2 aromatic carbocycles. The summed E-state index contributed by atoms with van der Waals surface area (Å²) in [5.74, 6) is -0.756. The van der Waals surface area contributed by atoms with Crippen molar-refractivity contribution in [2.75, 3.05) is 5.75 Å². The minimum absolute atomic E-state index is 0.171. The third-order valence-electron chi connectivity index (χ3n) is 6.89. The molecule has 0 spiro atoms. The van der Waals surface area contributed by atoms with Crippen LogP contribution in [0.1, 0.15) is 27.8 Å². The van der Waals surface area contributed by atoms with E-state index in [1.54, 1.807) is 30.7 Å². The minimum atomic E-state index is -0.727. The Labute approximate surface area is 251 Å². The number of hydrogen-bond donors (Lipinski definition) is 1. The predicted octanol–water partition coefficient (Wildman–Crippen LogP) is 4.78. The van der Waals surface area contributed by atoms with E-state index in [-0.39, 0.29) is 23.9 Å². The first kappa shape index (κ1) is 27.6. The summed E-state index contributed by atoms with van der Waals surface area (Å²) >= 11 is 2.98. The second-order valence-corrected chi connectivity index (χ2v) is 11.8. The number of ether oxygens (including phenoxy) is 1. The van der Waals surface area contributed by atoms with Gasteiger partial charge in [0, 0.05) is 23.0 Å². The normalized spacial score (nSPS) is 18.1. The second kappa shape index (κ2) is 12.5. The first-order chi connectivity index (χ1) is 20.6. The maximum absolute atomic E-state index is 14.0. The molecule has 0 radical (unpaired) electrons. The smallest absolute Gasteiger partial charge is 0.356 e. The number of aromatic nitrogens is 2. The van der Waals surface area contributed by atoms with E-state index >= 15 is 0 Å². The Kier molecular flexibility index (Phi) is 8.25. The zero-order valence-corrected chi connectivity index (χ0v) is 24.0. The fourth-order valence-electron chi connectivity index (χ4n) is 4.89. The number of thiophene rings is 1. The number of benzene rings is 2. The summed E-state index contributed by atoms with van der Waals surface area (Å²) < 4.78 is 6.18. The lowest BCUT2D eigenvalue weighted by molar-refractivity contribution is -0.154. The number of nitrogens with zero attached hydrogens (tertiary/aromatic N) is 3. The molecule has 210 valence electrons. The maximum Gasteiger partial charge on any atom is 0.356 e. The number of carbonyl (C=O) groups is 3. The molecule has 2 aliphatic heterocycles. The van der Waals surface area contributed by atoms with E-state index in [9.17, 15) is 14.4 Å². The van der Waals surface area contributed by atoms with Crippen LogP contribution in [0.4, 0.5) is 0 Å². The predicted molar refractivity (Wildman–Crippen MR) is 162 cm³/mol. The van der Waals surface area contributed by atoms with Gasteiger partial charge in [-0.05, 0) is 34.2 Å². The topological polar surface area (TPSA) is 101 Å². The Morgan fingerprint density at radius 3 is 2.38 bits per heavy atom. The molecule has 6 rings (SSSR count). The van der Waals surface area contributed by atoms with Crippen molar-refractivity contribution in [3.8, 4) is 0 Å². The number of thioether (sulfide) groups is 1. The van der Waals surface area contributed by atoms with Crippen LogP contribution in [0, 0.1) is 0 Å². The van der Waals surface area contributed by atoms with Crippen molar-refractivity contribution in [2.45, 2.75) is 23.9 Å². The van der Waals surface area contributed by atoms with Crippen LogP contribution in [-0.4, -0.2) is 49.8 Å². The zero-order valence-electron chi connectivity index (χ0n) is 22.3. The number of esters is 1. The number of β-lactam (4-membered cyclic amide) rings is 1. The molecule has 4 heterocycles. The van der Waals surface area contributed by atoms with E-state index in [4.69, 9.17) is 4.74 Å². The molecule has 10 heteroatoms. The summed E-state index contributed by atoms with van der Waals surface area (Å²) in [6, 6.07) is 22.0. The molecule has 2 amide bonds. The van der Waals surface area contributed by atoms with E-state index < -0.39 is 23.5 Å². The number of rotatable bonds is 9. The van der Waals surface area contributed by atoms with Crippen LogP contribution in [-0.2, 0) is 25.5 Å². The standard InChI is InChI=1S/C32H26N4O4S2/c37-26(18-25-12-7-17-41-25)35-27-30(38)36-28(23(20-42-31(27)36)13-14-24-19-33-15-16-34-24)32(39)40-29(21-8-3-1-4-9-21)22-10-5-2-6-11-22/h1-17,19,27,29,31H,18,20H2,(H,35,37)/b14-13+/t27-,31-/m1/s1. The first-order valence-electron chi connectivity index (χ1n) is 13.3. The third kappa shape index (κ3) is 5.90. The van der Waals surface area contributed by atoms with Crippen LogP contribution in [0.3, 0.4) is 0 Å². The van der Waals surface area contributed by atoms with Gasteiger partial charge in [-0.1, -0.05) is 72.8 Å². The monoisotopic (exact) mass is 594 g/mol. The number of hydrogen-bond acceptors (Lipinski definition) is 8. The average molecular weight is 595 g/mol. The van der Waals surface area contributed by atoms with Crippen molar-refractivity contribution in [1.29, 1.82) is 0 Å². The van der Waals surface area contributed by atoms with Gasteiger partial charge in [-0.2, -0.15) is 0 Å². The summed E-state index contributed by atoms with van der Waals surface area (Å²) in [6.45, 7) is 0. The zero-order chi connectivity index (χ0) is 28.9. The van der Waals surface area contributed by atoms with Gasteiger partial charge >= 0.3 is 5.97 Å². The molecule has 8 nitrogen and oxygen atoms in total. The van der Waals surface area contributed by atoms with Gasteiger partial charge in [0.2, 0.25) is 5.91 Å². The average Bonchev–Trinajstić information content (AvgIpc) is 3.55. The Morgan fingerprint density at radius 1 is 1.00 bits per heavy atom. The molecule has 42 heavy (non-hydrogen) atoms. The summed E-state index contributed by atoms with van der Waals surface area (Å²) in [7, 11) is 0. The fraction of sp³-hybridized carbons (Fsp3) is 0.156. The number of carbonyl (C=O) groups excluding carboxylic acids is 3. The second-order valence-electron chi connectivity index (χ2n) is 9.66. The lowest BCUT2D eigenvalue weighted by Crippen LogP contribution is -2.70. The van der Waals surface area contributed by atoms with Gasteiger partial charge in [0.15, 0.2) is 6.10 Å². The summed E-state index contributed by atoms with van der Waals surface area (Å²) in [5.41, 5.74) is 3.03. The van der Waals surface area contributed by atoms with Gasteiger partial charge in [-0.3, -0.25) is 24.5 Å². The quantitative estimate of drug-likeness (QED) is 0.220. The van der Waals surface area contributed by atoms with Crippen LogP contribution < -0.4 is 5.32 Å². The van der Waals surface area contributed by atoms with Gasteiger partial charge in [0.05, 0.1) is 18.3 Å². The van der Waals surface area contributed by atoms with Crippen LogP contribution in [0.2, 0.25) is 0 Å². The van der Waals surface area contributed by atoms with Crippen LogP contribution in [0.25, 0.3) is 6.08 Å². The highest BCUT2D eigenvalue weighted by Crippen LogP contribution is 2.42. The SMILES string of the molecule is O=C(Cc1cccs1)N[C@@H]1C(=O)N2C(C(=O)OC(c3ccccc3)c3ccccc3)=C(/C=C/c3cnccn3)CS[C@H]12. The molecular weight excluding hydrogens is 569 g/mol. The lowest BCUT2D eigenvalue weighted by atomic mass is 10.0. The lowest BCUT2D eigenvalue weighted by Gasteiger charge is -2.49. The molecule has 2 aromatic heterocycles. The van der Waals surface area contributed by atoms with Gasteiger partial charge < -0.3 is 10.1 Å². The fourth-order valence-corrected chi connectivity index (χ4v) is 6.91. The highest BCUT2D eigenvalue weighted by molar-refractivity contribution is 8.00. The summed E-state index contributed by atoms with van der Waals surface area (Å²) in [6.07, 6.45) is 7.84. The molecule has 1 saturated heterocycles. The molecule has 0 unspecified atom stereocenters. The third-order valence-corrected chi connectivity index (χ3v) is 9.07. The summed E-state index contributed by atoms with van der Waals surface area (Å²) in [4.78, 5) is 51.0. The van der Waals surface area contributed by atoms with Crippen molar-refractivity contribution >= 4 is 47.0 Å². The van der Waals surface area contributed by atoms with Crippen molar-refractivity contribution in [2.24, 2.45) is 0 Å². The molecule has 0 aliphatic carbocycles. The van der Waals surface area contributed by atoms with E-state index in [2.05, 4.69) is 15.3 Å². The van der Waals surface area contributed by atoms with Crippen LogP contribution >= 0.6 is 23.1 Å². The van der Waals surface area contributed by atoms with Crippen LogP contribution in [0.5, 0.6) is 0 Å². The number of amides is 2. The molecule has 0 saturated carbocycles. The number of nitrogens with one attached hydrogen (secondary N) is 1. The molecular formula is C32H26N4O4S2. The van der Waals surface area contributed by atoms with E-state index in [1.807, 2.05) is 78.2 Å². The van der Waals surface area contributed by atoms with Crippen molar-refractivity contribution in [1.82, 2.24) is 20.2 Å². The Morgan fingerprint density at radius 2 is 1.74 bits per heavy atom. The molecule has 2 aliphatic rings. The van der Waals surface area contributed by atoms with Crippen LogP contribution in [0.15, 0.2) is 114 Å². The summed E-state index contributed by atoms with van der Waals surface area (Å²) in [5, 5.41) is 4.36. The van der Waals surface area contributed by atoms with Gasteiger partial charge in [-0.25, -0.2) is 4.79 Å². The molecule has 4 aromatic rings. The Hall–Kier alpha value is -4.54. The van der Waals surface area contributed by atoms with Crippen molar-refractivity contribution in [3.63, 3.8) is 0 Å². The molecule has 2 atom stereocenters. The largest absolute Gasteiger partial charge is 0.448 e. The highest BCUT2D eigenvalue weighted by Gasteiger charge is 2.54. The van der Waals surface area contributed by atoms with Crippen molar-refractivity contribution < 1.29 is 19.1 Å². The van der Waals surface area contributed by atoms with Crippen molar-refractivity contribution in [3.05, 3.63) is 136 Å². The minimum Gasteiger partial charge on any atom is -0.448 e. The van der Waals surface area contributed by atoms with E-state index in [0.29, 0.717) is 17.0 Å². The Balaban J connectivity index is 1.30. The van der Waals surface area contributed by atoms with E-state index in [0.717, 1.165) is 16.0 Å².